The van der Waals surface area contributed by atoms with Gasteiger partial charge in [0.25, 0.3) is 0 Å². The van der Waals surface area contributed by atoms with E-state index in [0.717, 1.165) is 18.4 Å². The molecule has 1 heterocycles. The van der Waals surface area contributed by atoms with Crippen LogP contribution < -0.4 is 14.8 Å². The zero-order valence-corrected chi connectivity index (χ0v) is 23.5. The summed E-state index contributed by atoms with van der Waals surface area (Å²) in [6.07, 6.45) is 2.27. The first-order valence-corrected chi connectivity index (χ1v) is 13.4. The summed E-state index contributed by atoms with van der Waals surface area (Å²) in [5.41, 5.74) is 3.17. The molecule has 38 heavy (non-hydrogen) atoms. The Hall–Kier alpha value is -3.48. The van der Waals surface area contributed by atoms with Gasteiger partial charge in [-0.2, -0.15) is 0 Å². The highest BCUT2D eigenvalue weighted by atomic mass is 16.5. The number of anilines is 1. The molecule has 2 atom stereocenters. The smallest absolute Gasteiger partial charge is 0.249 e. The van der Waals surface area contributed by atoms with Crippen LogP contribution in [0.1, 0.15) is 64.1 Å². The molecule has 2 fully saturated rings. The van der Waals surface area contributed by atoms with Crippen LogP contribution in [0.3, 0.4) is 0 Å². The molecular weight excluding hydrogens is 478 g/mol. The van der Waals surface area contributed by atoms with Crippen molar-refractivity contribution in [2.45, 2.75) is 71.4 Å². The van der Waals surface area contributed by atoms with Crippen molar-refractivity contribution in [2.24, 2.45) is 11.3 Å². The predicted molar refractivity (Wildman–Crippen MR) is 150 cm³/mol. The van der Waals surface area contributed by atoms with E-state index >= 15 is 0 Å². The third-order valence-electron chi connectivity index (χ3n) is 8.69. The topological polar surface area (TPSA) is 83.7 Å². The van der Waals surface area contributed by atoms with Gasteiger partial charge in [0.05, 0.1) is 19.9 Å². The fourth-order valence-electron chi connectivity index (χ4n) is 6.27. The number of aryl methyl sites for hydroxylation is 1. The zero-order chi connectivity index (χ0) is 27.4. The molecule has 0 saturated heterocycles. The number of hydrogen-bond donors (Lipinski definition) is 2. The number of nitrogens with one attached hydrogen (secondary N) is 2. The maximum Gasteiger partial charge on any atom is 0.249 e. The van der Waals surface area contributed by atoms with Crippen molar-refractivity contribution in [2.75, 3.05) is 19.5 Å². The predicted octanol–water partition coefficient (Wildman–Crippen LogP) is 6.03. The van der Waals surface area contributed by atoms with Crippen LogP contribution in [0.25, 0.3) is 10.9 Å². The number of nitrogens with zero attached hydrogens (tertiary/aromatic N) is 1. The number of ether oxygens (including phenoxy) is 2. The molecular formula is C31H39N3O4. The summed E-state index contributed by atoms with van der Waals surface area (Å²) in [7, 11) is 3.14. The Morgan fingerprint density at radius 3 is 2.47 bits per heavy atom. The van der Waals surface area contributed by atoms with Gasteiger partial charge in [0, 0.05) is 35.1 Å². The number of methoxy groups -OCH3 is 2. The van der Waals surface area contributed by atoms with E-state index in [1.807, 2.05) is 24.8 Å². The highest BCUT2D eigenvalue weighted by Crippen LogP contribution is 2.67. The standard InChI is InChI=1S/C31H39N3O4/c1-18-27(21-10-8-9-11-23(21)32-18)28-22(30(28,2)3)17-26(35)34(19-12-13-19)31(4,5)29(36)33-24-15-14-20(37-6)16-25(24)38-7/h8-11,14-16,19,22,28,32H,12-13,17H2,1-7H3,(H,33,36). The van der Waals surface area contributed by atoms with Crippen LogP contribution in [0.4, 0.5) is 5.69 Å². The van der Waals surface area contributed by atoms with Gasteiger partial charge in [0.15, 0.2) is 0 Å². The van der Waals surface area contributed by atoms with Gasteiger partial charge >= 0.3 is 0 Å². The first-order chi connectivity index (χ1) is 18.0. The minimum atomic E-state index is -1.02. The number of aromatic nitrogens is 1. The van der Waals surface area contributed by atoms with Crippen molar-refractivity contribution in [3.63, 3.8) is 0 Å². The van der Waals surface area contributed by atoms with Gasteiger partial charge in [-0.3, -0.25) is 9.59 Å². The molecule has 3 aromatic rings. The number of H-pyrrole nitrogens is 1. The monoisotopic (exact) mass is 517 g/mol. The maximum absolute atomic E-state index is 13.9. The summed E-state index contributed by atoms with van der Waals surface area (Å²) < 4.78 is 10.7. The number of amides is 2. The van der Waals surface area contributed by atoms with Gasteiger partial charge < -0.3 is 24.7 Å². The SMILES string of the molecule is COc1ccc(NC(=O)C(C)(C)N(C(=O)CC2C(c3c(C)[nH]c4ccccc34)C2(C)C)C2CC2)c(OC)c1. The summed E-state index contributed by atoms with van der Waals surface area (Å²) in [5, 5.41) is 4.24. The van der Waals surface area contributed by atoms with Crippen molar-refractivity contribution < 1.29 is 19.1 Å². The molecule has 2 aliphatic carbocycles. The van der Waals surface area contributed by atoms with E-state index in [0.29, 0.717) is 29.5 Å². The number of aromatic amines is 1. The van der Waals surface area contributed by atoms with Crippen LogP contribution in [-0.2, 0) is 9.59 Å². The summed E-state index contributed by atoms with van der Waals surface area (Å²) in [6, 6.07) is 13.7. The van der Waals surface area contributed by atoms with Crippen LogP contribution in [0.15, 0.2) is 42.5 Å². The van der Waals surface area contributed by atoms with Crippen LogP contribution in [0, 0.1) is 18.3 Å². The second-order valence-corrected chi connectivity index (χ2v) is 11.9. The molecule has 0 aliphatic heterocycles. The normalized spacial score (nSPS) is 20.2. The molecule has 202 valence electrons. The van der Waals surface area contributed by atoms with Crippen LogP contribution in [-0.4, -0.2) is 47.5 Å². The molecule has 2 unspecified atom stereocenters. The summed E-state index contributed by atoms with van der Waals surface area (Å²) >= 11 is 0. The number of para-hydroxylation sites is 1. The van der Waals surface area contributed by atoms with Crippen molar-refractivity contribution in [1.29, 1.82) is 0 Å². The second kappa shape index (κ2) is 9.37. The van der Waals surface area contributed by atoms with E-state index in [-0.39, 0.29) is 29.2 Å². The number of hydrogen-bond acceptors (Lipinski definition) is 4. The van der Waals surface area contributed by atoms with E-state index in [1.54, 1.807) is 32.4 Å². The summed E-state index contributed by atoms with van der Waals surface area (Å²) in [6.45, 7) is 10.3. The molecule has 0 spiro atoms. The molecule has 1 aromatic heterocycles. The van der Waals surface area contributed by atoms with Crippen LogP contribution in [0.2, 0.25) is 0 Å². The fraction of sp³-hybridized carbons (Fsp3) is 0.484. The minimum absolute atomic E-state index is 0.00344. The van der Waals surface area contributed by atoms with E-state index in [9.17, 15) is 9.59 Å². The molecule has 2 N–H and O–H groups in total. The summed E-state index contributed by atoms with van der Waals surface area (Å²) in [4.78, 5) is 32.9. The minimum Gasteiger partial charge on any atom is -0.497 e. The molecule has 7 heteroatoms. The molecule has 2 aromatic carbocycles. The Morgan fingerprint density at radius 1 is 1.11 bits per heavy atom. The number of carbonyl (C=O) groups is 2. The Morgan fingerprint density at radius 2 is 1.82 bits per heavy atom. The molecule has 7 nitrogen and oxygen atoms in total. The quantitative estimate of drug-likeness (QED) is 0.363. The number of benzene rings is 2. The maximum atomic E-state index is 13.9. The van der Waals surface area contributed by atoms with Crippen molar-refractivity contribution in [3.8, 4) is 11.5 Å². The number of fused-ring (bicyclic) bond motifs is 1. The zero-order valence-electron chi connectivity index (χ0n) is 23.5. The van der Waals surface area contributed by atoms with E-state index in [4.69, 9.17) is 9.47 Å². The van der Waals surface area contributed by atoms with Gasteiger partial charge in [0.1, 0.15) is 17.0 Å². The second-order valence-electron chi connectivity index (χ2n) is 11.9. The van der Waals surface area contributed by atoms with E-state index in [1.165, 1.54) is 16.6 Å². The fourth-order valence-corrected chi connectivity index (χ4v) is 6.27. The lowest BCUT2D eigenvalue weighted by atomic mass is 9.98. The Balaban J connectivity index is 1.36. The number of rotatable bonds is 9. The Labute approximate surface area is 224 Å². The number of carbonyl (C=O) groups excluding carboxylic acids is 2. The average molecular weight is 518 g/mol. The van der Waals surface area contributed by atoms with Crippen molar-refractivity contribution in [1.82, 2.24) is 9.88 Å². The molecule has 0 bridgehead atoms. The van der Waals surface area contributed by atoms with E-state index < -0.39 is 5.54 Å². The van der Waals surface area contributed by atoms with Gasteiger partial charge in [-0.05, 0) is 74.6 Å². The molecule has 2 aliphatic rings. The third kappa shape index (κ3) is 4.42. The first kappa shape index (κ1) is 26.1. The Kier molecular flexibility index (Phi) is 6.44. The first-order valence-electron chi connectivity index (χ1n) is 13.4. The van der Waals surface area contributed by atoms with Gasteiger partial charge in [-0.15, -0.1) is 0 Å². The Bertz CT molecular complexity index is 1390. The van der Waals surface area contributed by atoms with Gasteiger partial charge in [-0.25, -0.2) is 0 Å². The summed E-state index contributed by atoms with van der Waals surface area (Å²) in [5.74, 6) is 1.47. The molecule has 0 radical (unpaired) electrons. The van der Waals surface area contributed by atoms with Crippen molar-refractivity contribution in [3.05, 3.63) is 53.7 Å². The highest BCUT2D eigenvalue weighted by molar-refractivity contribution is 6.01. The molecule has 2 amide bonds. The van der Waals surface area contributed by atoms with Crippen molar-refractivity contribution >= 4 is 28.4 Å². The lowest BCUT2D eigenvalue weighted by molar-refractivity contribution is -0.144. The average Bonchev–Trinajstić information content (AvgIpc) is 3.76. The third-order valence-corrected chi connectivity index (χ3v) is 8.69. The highest BCUT2D eigenvalue weighted by Gasteiger charge is 2.60. The van der Waals surface area contributed by atoms with Crippen LogP contribution >= 0.6 is 0 Å². The molecule has 5 rings (SSSR count). The molecule has 2 saturated carbocycles. The van der Waals surface area contributed by atoms with E-state index in [2.05, 4.69) is 49.3 Å². The lowest BCUT2D eigenvalue weighted by Gasteiger charge is -2.38. The lowest BCUT2D eigenvalue weighted by Crippen LogP contribution is -2.56. The van der Waals surface area contributed by atoms with Gasteiger partial charge in [-0.1, -0.05) is 32.0 Å². The van der Waals surface area contributed by atoms with Gasteiger partial charge in [0.2, 0.25) is 11.8 Å². The van der Waals surface area contributed by atoms with Crippen LogP contribution in [0.5, 0.6) is 11.5 Å². The largest absolute Gasteiger partial charge is 0.497 e.